The number of fused-ring (bicyclic) bond motifs is 12. The summed E-state index contributed by atoms with van der Waals surface area (Å²) in [6.45, 7) is 0.670. The first-order chi connectivity index (χ1) is 56.0. The predicted molar refractivity (Wildman–Crippen MR) is 440 cm³/mol. The molecule has 576 valence electrons. The summed E-state index contributed by atoms with van der Waals surface area (Å²) in [6, 6.07) is 67.8. The van der Waals surface area contributed by atoms with Gasteiger partial charge in [0.1, 0.15) is 64.8 Å². The fourth-order valence-corrected chi connectivity index (χ4v) is 15.4. The summed E-state index contributed by atoms with van der Waals surface area (Å²) in [5, 5.41) is 44.8. The van der Waals surface area contributed by atoms with Crippen molar-refractivity contribution < 1.29 is 55.7 Å². The first-order valence-electron chi connectivity index (χ1n) is 35.0. The Bertz CT molecular complexity index is 7480. The number of aromatic nitrogens is 4. The summed E-state index contributed by atoms with van der Waals surface area (Å²) in [5.74, 6) is -3.20. The van der Waals surface area contributed by atoms with E-state index < -0.39 is 67.7 Å². The lowest BCUT2D eigenvalue weighted by atomic mass is 10.1. The van der Waals surface area contributed by atoms with E-state index in [1.807, 2.05) is 18.2 Å². The summed E-state index contributed by atoms with van der Waals surface area (Å²) >= 11 is 10.9. The Balaban J connectivity index is 0.000000122. The maximum absolute atomic E-state index is 13.5. The molecule has 0 amide bonds. The first-order valence-corrected chi connectivity index (χ1v) is 37.8. The molecule has 8 heterocycles. The zero-order chi connectivity index (χ0) is 81.3. The standard InChI is InChI=1S/C25H15ClFNO4S.C25H16FNO4S.C19H11BrFNO4.C19H12FNO4/c26-15-7-11-17(12-8-15)33-23-21(29)20-22(32-25(23)31)18-3-1-2-4-19(18)28(24(20)30)13-14-5-9-16(27)10-6-14;26-16-12-10-15(11-13-16)14-27-19-9-5-4-8-18(19)22-20(24(27)29)21(28)23(25(30)31-22)32-17-6-2-1-3-7-17;20-15-16(23)14-17(26-19(15)25)12-3-1-2-4-13(12)22(18(14)24)9-10-5-7-11(21)8-6-10;20-12-7-5-11(6-8-12)10-21-14-4-2-1-3-13(14)18-17(19(21)24)15(22)9-16(23)25-18/h1-12,29H,13H2;1-13,28H,14H2;1-8,23H,9H2;1-9,22H,10H2. The molecule has 0 saturated heterocycles. The van der Waals surface area contributed by atoms with Crippen LogP contribution in [0.3, 0.4) is 0 Å². The van der Waals surface area contributed by atoms with Crippen LogP contribution < -0.4 is 44.7 Å². The summed E-state index contributed by atoms with van der Waals surface area (Å²) in [6.07, 6.45) is 0. The van der Waals surface area contributed by atoms with Crippen LogP contribution in [0.25, 0.3) is 87.5 Å². The molecule has 0 fully saturated rings. The quantitative estimate of drug-likeness (QED) is 0.0653. The van der Waals surface area contributed by atoms with Crippen molar-refractivity contribution in [3.8, 4) is 23.0 Å². The second kappa shape index (κ2) is 32.8. The van der Waals surface area contributed by atoms with Crippen LogP contribution in [0.1, 0.15) is 22.3 Å². The van der Waals surface area contributed by atoms with Gasteiger partial charge in [-0.15, -0.1) is 0 Å². The van der Waals surface area contributed by atoms with Crippen LogP contribution in [0.4, 0.5) is 17.6 Å². The molecule has 20 nitrogen and oxygen atoms in total. The molecule has 28 heteroatoms. The van der Waals surface area contributed by atoms with Crippen molar-refractivity contribution in [3.63, 3.8) is 0 Å². The van der Waals surface area contributed by atoms with Gasteiger partial charge in [-0.2, -0.15) is 0 Å². The van der Waals surface area contributed by atoms with Gasteiger partial charge in [0.25, 0.3) is 22.2 Å². The summed E-state index contributed by atoms with van der Waals surface area (Å²) < 4.78 is 80.2. The number of rotatable bonds is 12. The monoisotopic (exact) mass is 1680 g/mol. The molecule has 4 N–H and O–H groups in total. The minimum Gasteiger partial charge on any atom is -0.507 e. The minimum atomic E-state index is -0.768. The number of aromatic hydroxyl groups is 4. The van der Waals surface area contributed by atoms with Gasteiger partial charge in [0, 0.05) is 36.4 Å². The highest BCUT2D eigenvalue weighted by atomic mass is 79.9. The number of nitrogens with zero attached hydrogens (tertiary/aromatic N) is 4. The highest BCUT2D eigenvalue weighted by Crippen LogP contribution is 2.40. The van der Waals surface area contributed by atoms with Gasteiger partial charge in [0.05, 0.1) is 54.3 Å². The second-order valence-corrected chi connectivity index (χ2v) is 29.5. The van der Waals surface area contributed by atoms with Crippen molar-refractivity contribution in [2.45, 2.75) is 45.8 Å². The third-order valence-corrected chi connectivity index (χ3v) is 21.8. The molecule has 8 aromatic heterocycles. The van der Waals surface area contributed by atoms with Crippen LogP contribution >= 0.6 is 51.1 Å². The van der Waals surface area contributed by atoms with E-state index in [2.05, 4.69) is 15.9 Å². The summed E-state index contributed by atoms with van der Waals surface area (Å²) in [4.78, 5) is 103. The molecule has 0 spiro atoms. The topological polar surface area (TPSA) is 290 Å². The second-order valence-electron chi connectivity index (χ2n) is 26.1. The number of benzene rings is 10. The smallest absolute Gasteiger partial charge is 0.354 e. The molecule has 0 aliphatic heterocycles. The Kier molecular flexibility index (Phi) is 21.9. The highest BCUT2D eigenvalue weighted by molar-refractivity contribution is 9.10. The molecule has 18 aromatic rings. The van der Waals surface area contributed by atoms with Crippen molar-refractivity contribution in [2.24, 2.45) is 0 Å². The Morgan fingerprint density at radius 2 is 0.612 bits per heavy atom. The predicted octanol–water partition coefficient (Wildman–Crippen LogP) is 17.7. The lowest BCUT2D eigenvalue weighted by Gasteiger charge is -2.14. The van der Waals surface area contributed by atoms with Crippen molar-refractivity contribution in [1.82, 2.24) is 18.3 Å². The van der Waals surface area contributed by atoms with Crippen LogP contribution in [0, 0.1) is 23.3 Å². The van der Waals surface area contributed by atoms with Gasteiger partial charge in [0.15, 0.2) is 39.6 Å². The third kappa shape index (κ3) is 15.5. The summed E-state index contributed by atoms with van der Waals surface area (Å²) in [5.41, 5.74) is 0.200. The number of para-hydroxylation sites is 4. The molecule has 10 aromatic carbocycles. The fraction of sp³-hybridized carbons (Fsp3) is 0.0455. The van der Waals surface area contributed by atoms with Gasteiger partial charge in [-0.25, -0.2) is 36.7 Å². The Morgan fingerprint density at radius 3 is 0.957 bits per heavy atom. The minimum absolute atomic E-state index is 0.0221. The highest BCUT2D eigenvalue weighted by Gasteiger charge is 2.27. The van der Waals surface area contributed by atoms with Gasteiger partial charge in [-0.05, 0) is 172 Å². The Morgan fingerprint density at radius 1 is 0.328 bits per heavy atom. The Hall–Kier alpha value is -13.7. The molecule has 0 aliphatic carbocycles. The maximum Gasteiger partial charge on any atom is 0.354 e. The molecular formula is C88H54BrClF4N4O16S2. The SMILES string of the molecule is O=c1cc(O)c2c(=O)n(Cc3ccc(F)cc3)c3ccccc3c2o1.O=c1oc2c(c(O)c1Br)c(=O)n(Cc1ccc(F)cc1)c1ccccc21.O=c1oc2c(c(O)c1Sc1ccc(Cl)cc1)c(=O)n(Cc1ccc(F)cc1)c1ccccc21.O=c1oc2c(c(O)c1Sc1ccccc1)c(=O)n(Cc1ccc(F)cc1)c1ccccc21. The van der Waals surface area contributed by atoms with Gasteiger partial charge >= 0.3 is 22.5 Å². The van der Waals surface area contributed by atoms with E-state index in [4.69, 9.17) is 29.3 Å². The zero-order valence-electron chi connectivity index (χ0n) is 59.6. The van der Waals surface area contributed by atoms with Crippen LogP contribution in [0.5, 0.6) is 23.0 Å². The largest absolute Gasteiger partial charge is 0.507 e. The lowest BCUT2D eigenvalue weighted by Crippen LogP contribution is -2.22. The van der Waals surface area contributed by atoms with Crippen LogP contribution in [0.2, 0.25) is 5.02 Å². The molecule has 18 rings (SSSR count). The third-order valence-electron chi connectivity index (χ3n) is 18.7. The zero-order valence-corrected chi connectivity index (χ0v) is 63.6. The van der Waals surface area contributed by atoms with E-state index in [1.54, 1.807) is 182 Å². The first kappa shape index (κ1) is 77.6. The van der Waals surface area contributed by atoms with E-state index >= 15 is 0 Å². The normalized spacial score (nSPS) is 11.3. The molecule has 116 heavy (non-hydrogen) atoms. The van der Waals surface area contributed by atoms with E-state index in [-0.39, 0.29) is 108 Å². The van der Waals surface area contributed by atoms with Crippen molar-refractivity contribution in [2.75, 3.05) is 0 Å². The molecular weight excluding hydrogens is 1620 g/mol. The number of halogens is 6. The van der Waals surface area contributed by atoms with Gasteiger partial charge in [-0.3, -0.25) is 19.2 Å². The van der Waals surface area contributed by atoms with E-state index in [0.717, 1.165) is 40.0 Å². The van der Waals surface area contributed by atoms with Crippen LogP contribution in [0.15, 0.2) is 335 Å². The van der Waals surface area contributed by atoms with E-state index in [1.165, 1.54) is 66.8 Å². The number of hydrogen-bond acceptors (Lipinski definition) is 18. The molecule has 0 bridgehead atoms. The maximum atomic E-state index is 13.5. The van der Waals surface area contributed by atoms with E-state index in [0.29, 0.717) is 70.2 Å². The Labute approximate surface area is 669 Å². The lowest BCUT2D eigenvalue weighted by molar-refractivity contribution is 0.446. The van der Waals surface area contributed by atoms with Gasteiger partial charge in [0.2, 0.25) is 0 Å². The van der Waals surface area contributed by atoms with Gasteiger partial charge < -0.3 is 56.4 Å². The number of pyridine rings is 4. The molecule has 0 aliphatic rings. The number of hydrogen-bond donors (Lipinski definition) is 4. The van der Waals surface area contributed by atoms with Crippen molar-refractivity contribution in [3.05, 3.63) is 393 Å². The average Bonchev–Trinajstić information content (AvgIpc) is 0.766. The average molecular weight is 1680 g/mol. The van der Waals surface area contributed by atoms with Crippen LogP contribution in [-0.4, -0.2) is 38.7 Å². The van der Waals surface area contributed by atoms with Crippen molar-refractivity contribution >= 4 is 139 Å². The van der Waals surface area contributed by atoms with Crippen LogP contribution in [-0.2, 0) is 26.2 Å². The molecule has 0 saturated carbocycles. The van der Waals surface area contributed by atoms with E-state index in [9.17, 15) is 76.3 Å². The molecule has 0 unspecified atom stereocenters. The summed E-state index contributed by atoms with van der Waals surface area (Å²) in [7, 11) is 0. The molecule has 0 radical (unpaired) electrons. The fourth-order valence-electron chi connectivity index (χ4n) is 13.3. The van der Waals surface area contributed by atoms with Gasteiger partial charge in [-0.1, -0.05) is 150 Å². The van der Waals surface area contributed by atoms with Crippen molar-refractivity contribution in [1.29, 1.82) is 0 Å². The molecule has 0 atom stereocenters.